The molecule has 0 bridgehead atoms. The monoisotopic (exact) mass is 184 g/mol. The Labute approximate surface area is 80.2 Å². The number of nitrogens with zero attached hydrogens (tertiary/aromatic N) is 1. The summed E-state index contributed by atoms with van der Waals surface area (Å²) in [5.41, 5.74) is 5.84. The Morgan fingerprint density at radius 3 is 2.46 bits per heavy atom. The molecule has 13 heavy (non-hydrogen) atoms. The standard InChI is InChI=1S/C10H20N2O/c11-10-2-5-12(6-3-10)4-1-9-7-13-8-9/h9-10H,1-8,11H2. The van der Waals surface area contributed by atoms with Crippen LogP contribution in [0.1, 0.15) is 19.3 Å². The second-order valence-corrected chi connectivity index (χ2v) is 4.37. The molecule has 3 heteroatoms. The van der Waals surface area contributed by atoms with E-state index in [0.717, 1.165) is 19.1 Å². The Bertz CT molecular complexity index is 151. The van der Waals surface area contributed by atoms with Gasteiger partial charge >= 0.3 is 0 Å². The fourth-order valence-electron chi connectivity index (χ4n) is 1.99. The minimum Gasteiger partial charge on any atom is -0.381 e. The van der Waals surface area contributed by atoms with E-state index in [1.165, 1.54) is 38.9 Å². The van der Waals surface area contributed by atoms with E-state index in [9.17, 15) is 0 Å². The molecule has 2 heterocycles. The molecular weight excluding hydrogens is 164 g/mol. The summed E-state index contributed by atoms with van der Waals surface area (Å²) in [6.45, 7) is 5.64. The molecule has 2 aliphatic rings. The summed E-state index contributed by atoms with van der Waals surface area (Å²) in [5.74, 6) is 0.843. The van der Waals surface area contributed by atoms with Gasteiger partial charge in [-0.25, -0.2) is 0 Å². The van der Waals surface area contributed by atoms with Crippen molar-refractivity contribution < 1.29 is 4.74 Å². The van der Waals surface area contributed by atoms with Gasteiger partial charge in [0.05, 0.1) is 13.2 Å². The lowest BCUT2D eigenvalue weighted by molar-refractivity contribution is -0.0395. The number of ether oxygens (including phenoxy) is 1. The first kappa shape index (κ1) is 9.44. The van der Waals surface area contributed by atoms with Crippen LogP contribution in [0, 0.1) is 5.92 Å². The van der Waals surface area contributed by atoms with E-state index in [1.807, 2.05) is 0 Å². The maximum absolute atomic E-state index is 5.84. The summed E-state index contributed by atoms with van der Waals surface area (Å²) in [6.07, 6.45) is 3.68. The Morgan fingerprint density at radius 2 is 1.92 bits per heavy atom. The highest BCUT2D eigenvalue weighted by molar-refractivity contribution is 4.75. The minimum absolute atomic E-state index is 0.461. The van der Waals surface area contributed by atoms with Crippen LogP contribution < -0.4 is 5.73 Å². The summed E-state index contributed by atoms with van der Waals surface area (Å²) < 4.78 is 5.15. The van der Waals surface area contributed by atoms with E-state index in [-0.39, 0.29) is 0 Å². The van der Waals surface area contributed by atoms with Crippen LogP contribution in [0.4, 0.5) is 0 Å². The number of hydrogen-bond donors (Lipinski definition) is 1. The number of nitrogens with two attached hydrogens (primary N) is 1. The second kappa shape index (κ2) is 4.40. The second-order valence-electron chi connectivity index (χ2n) is 4.37. The minimum atomic E-state index is 0.461. The summed E-state index contributed by atoms with van der Waals surface area (Å²) in [4.78, 5) is 2.54. The van der Waals surface area contributed by atoms with Crippen LogP contribution in [0.15, 0.2) is 0 Å². The number of likely N-dealkylation sites (tertiary alicyclic amines) is 1. The molecule has 76 valence electrons. The molecule has 0 unspecified atom stereocenters. The maximum atomic E-state index is 5.84. The molecule has 2 aliphatic heterocycles. The van der Waals surface area contributed by atoms with Gasteiger partial charge in [0.1, 0.15) is 0 Å². The Hall–Kier alpha value is -0.120. The van der Waals surface area contributed by atoms with Crippen molar-refractivity contribution in [3.8, 4) is 0 Å². The molecule has 0 aromatic carbocycles. The van der Waals surface area contributed by atoms with Crippen molar-refractivity contribution in [1.29, 1.82) is 0 Å². The average Bonchev–Trinajstić information content (AvgIpc) is 2.05. The predicted octanol–water partition coefficient (Wildman–Crippen LogP) is 0.446. The fourth-order valence-corrected chi connectivity index (χ4v) is 1.99. The highest BCUT2D eigenvalue weighted by Crippen LogP contribution is 2.16. The van der Waals surface area contributed by atoms with E-state index in [0.29, 0.717) is 6.04 Å². The van der Waals surface area contributed by atoms with Gasteiger partial charge in [0.2, 0.25) is 0 Å². The molecule has 3 nitrogen and oxygen atoms in total. The van der Waals surface area contributed by atoms with Crippen LogP contribution in [-0.2, 0) is 4.74 Å². The maximum Gasteiger partial charge on any atom is 0.0516 e. The Balaban J connectivity index is 1.59. The molecule has 0 aromatic heterocycles. The third-order valence-corrected chi connectivity index (χ3v) is 3.19. The van der Waals surface area contributed by atoms with Crippen molar-refractivity contribution in [3.05, 3.63) is 0 Å². The molecule has 0 aliphatic carbocycles. The molecule has 2 fully saturated rings. The van der Waals surface area contributed by atoms with Gasteiger partial charge in [0.15, 0.2) is 0 Å². The fraction of sp³-hybridized carbons (Fsp3) is 1.00. The van der Waals surface area contributed by atoms with Crippen molar-refractivity contribution in [2.75, 3.05) is 32.8 Å². The molecule has 0 spiro atoms. The molecule has 0 aromatic rings. The van der Waals surface area contributed by atoms with Gasteiger partial charge in [0, 0.05) is 12.0 Å². The number of rotatable bonds is 3. The van der Waals surface area contributed by atoms with Gasteiger partial charge in [-0.3, -0.25) is 0 Å². The number of hydrogen-bond acceptors (Lipinski definition) is 3. The largest absolute Gasteiger partial charge is 0.381 e. The van der Waals surface area contributed by atoms with Crippen molar-refractivity contribution in [2.45, 2.75) is 25.3 Å². The van der Waals surface area contributed by atoms with E-state index in [4.69, 9.17) is 10.5 Å². The van der Waals surface area contributed by atoms with Gasteiger partial charge < -0.3 is 15.4 Å². The Kier molecular flexibility index (Phi) is 3.19. The lowest BCUT2D eigenvalue weighted by Crippen LogP contribution is -2.41. The zero-order chi connectivity index (χ0) is 9.10. The molecule has 2 rings (SSSR count). The summed E-state index contributed by atoms with van der Waals surface area (Å²) >= 11 is 0. The first-order valence-electron chi connectivity index (χ1n) is 5.40. The van der Waals surface area contributed by atoms with Crippen LogP contribution in [0.3, 0.4) is 0 Å². The van der Waals surface area contributed by atoms with E-state index < -0.39 is 0 Å². The molecule has 0 amide bonds. The van der Waals surface area contributed by atoms with Gasteiger partial charge in [-0.1, -0.05) is 0 Å². The summed E-state index contributed by atoms with van der Waals surface area (Å²) in [6, 6.07) is 0.461. The SMILES string of the molecule is NC1CCN(CCC2COC2)CC1. The van der Waals surface area contributed by atoms with Crippen LogP contribution in [0.5, 0.6) is 0 Å². The van der Waals surface area contributed by atoms with E-state index >= 15 is 0 Å². The average molecular weight is 184 g/mol. The van der Waals surface area contributed by atoms with Crippen molar-refractivity contribution in [1.82, 2.24) is 4.90 Å². The first-order valence-corrected chi connectivity index (χ1v) is 5.40. The van der Waals surface area contributed by atoms with Crippen molar-refractivity contribution >= 4 is 0 Å². The van der Waals surface area contributed by atoms with Crippen LogP contribution in [0.25, 0.3) is 0 Å². The van der Waals surface area contributed by atoms with Gasteiger partial charge in [-0.2, -0.15) is 0 Å². The summed E-state index contributed by atoms with van der Waals surface area (Å²) in [7, 11) is 0. The van der Waals surface area contributed by atoms with E-state index in [1.54, 1.807) is 0 Å². The lowest BCUT2D eigenvalue weighted by atomic mass is 10.0. The van der Waals surface area contributed by atoms with Crippen LogP contribution in [0.2, 0.25) is 0 Å². The molecule has 2 saturated heterocycles. The third-order valence-electron chi connectivity index (χ3n) is 3.19. The molecule has 0 atom stereocenters. The van der Waals surface area contributed by atoms with Gasteiger partial charge in [-0.05, 0) is 38.9 Å². The molecular formula is C10H20N2O. The third kappa shape index (κ3) is 2.66. The molecule has 2 N–H and O–H groups in total. The normalized spacial score (nSPS) is 27.5. The summed E-state index contributed by atoms with van der Waals surface area (Å²) in [5, 5.41) is 0. The highest BCUT2D eigenvalue weighted by Gasteiger charge is 2.21. The van der Waals surface area contributed by atoms with Crippen molar-refractivity contribution in [2.24, 2.45) is 11.7 Å². The smallest absolute Gasteiger partial charge is 0.0516 e. The highest BCUT2D eigenvalue weighted by atomic mass is 16.5. The number of piperidine rings is 1. The quantitative estimate of drug-likeness (QED) is 0.692. The van der Waals surface area contributed by atoms with E-state index in [2.05, 4.69) is 4.90 Å². The van der Waals surface area contributed by atoms with Gasteiger partial charge in [0.25, 0.3) is 0 Å². The zero-order valence-corrected chi connectivity index (χ0v) is 8.24. The Morgan fingerprint density at radius 1 is 1.23 bits per heavy atom. The van der Waals surface area contributed by atoms with Gasteiger partial charge in [-0.15, -0.1) is 0 Å². The first-order chi connectivity index (χ1) is 6.34. The molecule has 0 radical (unpaired) electrons. The predicted molar refractivity (Wildman–Crippen MR) is 52.6 cm³/mol. The lowest BCUT2D eigenvalue weighted by Gasteiger charge is -2.33. The van der Waals surface area contributed by atoms with Crippen LogP contribution in [-0.4, -0.2) is 43.8 Å². The topological polar surface area (TPSA) is 38.5 Å². The van der Waals surface area contributed by atoms with Crippen LogP contribution >= 0.6 is 0 Å². The molecule has 0 saturated carbocycles. The zero-order valence-electron chi connectivity index (χ0n) is 8.24. The van der Waals surface area contributed by atoms with Crippen molar-refractivity contribution in [3.63, 3.8) is 0 Å².